The van der Waals surface area contributed by atoms with Crippen LogP contribution in [-0.4, -0.2) is 24.2 Å². The summed E-state index contributed by atoms with van der Waals surface area (Å²) >= 11 is 5.62. The van der Waals surface area contributed by atoms with E-state index in [0.29, 0.717) is 4.75 Å². The van der Waals surface area contributed by atoms with Crippen LogP contribution >= 0.6 is 27.7 Å². The van der Waals surface area contributed by atoms with Crippen molar-refractivity contribution in [1.29, 1.82) is 0 Å². The molecule has 0 bridgehead atoms. The zero-order valence-electron chi connectivity index (χ0n) is 11.3. The van der Waals surface area contributed by atoms with Gasteiger partial charge in [0.2, 0.25) is 0 Å². The van der Waals surface area contributed by atoms with Crippen molar-refractivity contribution in [3.63, 3.8) is 0 Å². The van der Waals surface area contributed by atoms with Crippen molar-refractivity contribution in [3.8, 4) is 5.75 Å². The third kappa shape index (κ3) is 2.81. The van der Waals surface area contributed by atoms with Gasteiger partial charge >= 0.3 is 0 Å². The molecule has 0 atom stereocenters. The lowest BCUT2D eigenvalue weighted by molar-refractivity contribution is 0.338. The molecule has 1 saturated carbocycles. The summed E-state index contributed by atoms with van der Waals surface area (Å²) < 4.78 is 7.43. The average Bonchev–Trinajstić information content (AvgIpc) is 2.80. The number of benzene rings is 1. The van der Waals surface area contributed by atoms with Gasteiger partial charge in [-0.1, -0.05) is 22.4 Å². The average molecular weight is 342 g/mol. The maximum absolute atomic E-state index is 5.77. The molecule has 0 amide bonds. The molecule has 0 aromatic heterocycles. The Kier molecular flexibility index (Phi) is 4.11. The Morgan fingerprint density at radius 3 is 2.95 bits per heavy atom. The molecule has 0 unspecified atom stereocenters. The van der Waals surface area contributed by atoms with E-state index in [1.165, 1.54) is 30.4 Å². The zero-order valence-corrected chi connectivity index (χ0v) is 13.7. The molecule has 104 valence electrons. The number of thioether (sulfide) groups is 1. The van der Waals surface area contributed by atoms with Crippen molar-refractivity contribution in [2.24, 2.45) is 0 Å². The van der Waals surface area contributed by atoms with Crippen LogP contribution in [0.25, 0.3) is 0 Å². The number of fused-ring (bicyclic) bond motifs is 1. The van der Waals surface area contributed by atoms with Crippen molar-refractivity contribution in [2.45, 2.75) is 37.0 Å². The summed E-state index contributed by atoms with van der Waals surface area (Å²) in [6, 6.07) is 4.37. The first-order chi connectivity index (χ1) is 9.22. The van der Waals surface area contributed by atoms with Gasteiger partial charge in [0.25, 0.3) is 0 Å². The highest BCUT2D eigenvalue weighted by Gasteiger charge is 2.35. The second-order valence-electron chi connectivity index (χ2n) is 5.50. The molecule has 0 saturated heterocycles. The van der Waals surface area contributed by atoms with Gasteiger partial charge in [-0.15, -0.1) is 0 Å². The summed E-state index contributed by atoms with van der Waals surface area (Å²) in [6.45, 7) is 2.84. The summed E-state index contributed by atoms with van der Waals surface area (Å²) in [6.07, 6.45) is 7.37. The Balaban J connectivity index is 1.64. The van der Waals surface area contributed by atoms with Gasteiger partial charge in [0, 0.05) is 34.3 Å². The molecule has 2 nitrogen and oxygen atoms in total. The van der Waals surface area contributed by atoms with Crippen LogP contribution in [0.3, 0.4) is 0 Å². The number of nitrogens with one attached hydrogen (secondary N) is 1. The molecule has 1 fully saturated rings. The molecule has 1 aliphatic carbocycles. The highest BCUT2D eigenvalue weighted by molar-refractivity contribution is 9.10. The fourth-order valence-electron chi connectivity index (χ4n) is 2.93. The largest absolute Gasteiger partial charge is 0.493 e. The predicted molar refractivity (Wildman–Crippen MR) is 85.1 cm³/mol. The lowest BCUT2D eigenvalue weighted by Gasteiger charge is -2.40. The minimum Gasteiger partial charge on any atom is -0.493 e. The Bertz CT molecular complexity index is 468. The quantitative estimate of drug-likeness (QED) is 0.880. The predicted octanol–water partition coefficient (Wildman–Crippen LogP) is 3.76. The second-order valence-corrected chi connectivity index (χ2v) is 7.69. The van der Waals surface area contributed by atoms with Crippen LogP contribution in [0.2, 0.25) is 0 Å². The molecule has 19 heavy (non-hydrogen) atoms. The van der Waals surface area contributed by atoms with Crippen molar-refractivity contribution in [1.82, 2.24) is 5.32 Å². The van der Waals surface area contributed by atoms with E-state index in [1.807, 2.05) is 11.8 Å². The van der Waals surface area contributed by atoms with Crippen molar-refractivity contribution in [2.75, 3.05) is 19.4 Å². The van der Waals surface area contributed by atoms with E-state index in [4.69, 9.17) is 4.74 Å². The van der Waals surface area contributed by atoms with E-state index < -0.39 is 0 Å². The Morgan fingerprint density at radius 1 is 1.42 bits per heavy atom. The third-order valence-electron chi connectivity index (χ3n) is 4.29. The smallest absolute Gasteiger partial charge is 0.127 e. The Morgan fingerprint density at radius 2 is 2.26 bits per heavy atom. The molecule has 1 heterocycles. The molecular formula is C15H20BrNOS. The van der Waals surface area contributed by atoms with E-state index >= 15 is 0 Å². The maximum Gasteiger partial charge on any atom is 0.127 e. The van der Waals surface area contributed by atoms with Crippen LogP contribution in [0.5, 0.6) is 5.75 Å². The second kappa shape index (κ2) is 5.66. The van der Waals surface area contributed by atoms with E-state index in [1.54, 1.807) is 0 Å². The first kappa shape index (κ1) is 13.8. The van der Waals surface area contributed by atoms with E-state index in [-0.39, 0.29) is 0 Å². The topological polar surface area (TPSA) is 21.3 Å². The molecule has 0 spiro atoms. The van der Waals surface area contributed by atoms with Crippen LogP contribution in [0.1, 0.15) is 30.4 Å². The van der Waals surface area contributed by atoms with Crippen molar-refractivity contribution < 1.29 is 4.74 Å². The van der Waals surface area contributed by atoms with Crippen LogP contribution in [-0.2, 0) is 13.0 Å². The normalized spacial score (nSPS) is 19.7. The van der Waals surface area contributed by atoms with Crippen LogP contribution in [0.4, 0.5) is 0 Å². The lowest BCUT2D eigenvalue weighted by Crippen LogP contribution is -2.43. The van der Waals surface area contributed by atoms with Gasteiger partial charge < -0.3 is 10.1 Å². The van der Waals surface area contributed by atoms with Gasteiger partial charge in [0.1, 0.15) is 5.75 Å². The highest BCUT2D eigenvalue weighted by Crippen LogP contribution is 2.42. The van der Waals surface area contributed by atoms with E-state index in [0.717, 1.165) is 36.3 Å². The summed E-state index contributed by atoms with van der Waals surface area (Å²) in [7, 11) is 0. The molecule has 1 N–H and O–H groups in total. The highest BCUT2D eigenvalue weighted by atomic mass is 79.9. The number of hydrogen-bond donors (Lipinski definition) is 1. The van der Waals surface area contributed by atoms with Gasteiger partial charge in [-0.05, 0) is 36.8 Å². The number of ether oxygens (including phenoxy) is 1. The minimum absolute atomic E-state index is 0.496. The molecule has 1 aromatic rings. The van der Waals surface area contributed by atoms with Gasteiger partial charge in [0.15, 0.2) is 0 Å². The number of halogens is 1. The monoisotopic (exact) mass is 341 g/mol. The first-order valence-electron chi connectivity index (χ1n) is 6.92. The fraction of sp³-hybridized carbons (Fsp3) is 0.600. The molecular weight excluding hydrogens is 322 g/mol. The lowest BCUT2D eigenvalue weighted by atomic mass is 9.84. The number of hydrogen-bond acceptors (Lipinski definition) is 3. The Hall–Kier alpha value is -0.190. The summed E-state index contributed by atoms with van der Waals surface area (Å²) in [5.41, 5.74) is 2.63. The van der Waals surface area contributed by atoms with Gasteiger partial charge in [-0.3, -0.25) is 0 Å². The number of rotatable bonds is 5. The van der Waals surface area contributed by atoms with Crippen LogP contribution < -0.4 is 10.1 Å². The minimum atomic E-state index is 0.496. The third-order valence-corrected chi connectivity index (χ3v) is 6.16. The SMILES string of the molecule is CSC1(CNCc2cc(Br)cc3c2OCC3)CCC1. The van der Waals surface area contributed by atoms with Crippen molar-refractivity contribution >= 4 is 27.7 Å². The molecule has 1 aliphatic heterocycles. The van der Waals surface area contributed by atoms with Gasteiger partial charge in [-0.2, -0.15) is 11.8 Å². The van der Waals surface area contributed by atoms with E-state index in [9.17, 15) is 0 Å². The molecule has 1 aromatic carbocycles. The summed E-state index contributed by atoms with van der Waals surface area (Å²) in [4.78, 5) is 0. The zero-order chi connectivity index (χ0) is 13.3. The molecule has 4 heteroatoms. The summed E-state index contributed by atoms with van der Waals surface area (Å²) in [5, 5.41) is 3.63. The van der Waals surface area contributed by atoms with Crippen LogP contribution in [0.15, 0.2) is 16.6 Å². The first-order valence-corrected chi connectivity index (χ1v) is 8.94. The van der Waals surface area contributed by atoms with Crippen LogP contribution in [0, 0.1) is 0 Å². The summed E-state index contributed by atoms with van der Waals surface area (Å²) in [5.74, 6) is 1.11. The Labute approximate surface area is 127 Å². The fourth-order valence-corrected chi connectivity index (χ4v) is 4.42. The van der Waals surface area contributed by atoms with Crippen molar-refractivity contribution in [3.05, 3.63) is 27.7 Å². The van der Waals surface area contributed by atoms with Gasteiger partial charge in [0.05, 0.1) is 6.61 Å². The molecule has 2 aliphatic rings. The maximum atomic E-state index is 5.77. The molecule has 0 radical (unpaired) electrons. The molecule has 3 rings (SSSR count). The van der Waals surface area contributed by atoms with E-state index in [2.05, 4.69) is 39.6 Å². The van der Waals surface area contributed by atoms with Gasteiger partial charge in [-0.25, -0.2) is 0 Å². The standard InChI is InChI=1S/C15H20BrNOS/c1-19-15(4-2-5-15)10-17-9-12-8-13(16)7-11-3-6-18-14(11)12/h7-8,17H,2-6,9-10H2,1H3.